The Morgan fingerprint density at radius 3 is 2.85 bits per heavy atom. The van der Waals surface area contributed by atoms with Crippen LogP contribution in [0.25, 0.3) is 0 Å². The summed E-state index contributed by atoms with van der Waals surface area (Å²) in [6.45, 7) is 1.36. The average Bonchev–Trinajstić information content (AvgIpc) is 2.79. The van der Waals surface area contributed by atoms with Crippen LogP contribution in [0.1, 0.15) is 23.3 Å². The molecule has 1 fully saturated rings. The van der Waals surface area contributed by atoms with Gasteiger partial charge in [-0.2, -0.15) is 0 Å². The molecule has 0 aliphatic carbocycles. The van der Waals surface area contributed by atoms with Crippen molar-refractivity contribution in [3.05, 3.63) is 18.0 Å². The number of anilines is 1. The van der Waals surface area contributed by atoms with Crippen molar-refractivity contribution in [2.75, 3.05) is 26.1 Å². The normalized spacial score (nSPS) is 15.8. The van der Waals surface area contributed by atoms with Crippen molar-refractivity contribution in [1.29, 1.82) is 0 Å². The first-order chi connectivity index (χ1) is 9.60. The molecule has 0 aromatic carbocycles. The molecule has 2 rings (SSSR count). The van der Waals surface area contributed by atoms with Crippen molar-refractivity contribution in [2.45, 2.75) is 25.4 Å². The quantitative estimate of drug-likeness (QED) is 0.766. The number of methoxy groups -OCH3 is 1. The molecule has 2 heterocycles. The van der Waals surface area contributed by atoms with E-state index >= 15 is 0 Å². The van der Waals surface area contributed by atoms with Gasteiger partial charge in [-0.1, -0.05) is 0 Å². The summed E-state index contributed by atoms with van der Waals surface area (Å²) < 4.78 is 11.4. The Morgan fingerprint density at radius 1 is 1.50 bits per heavy atom. The first-order valence-corrected chi connectivity index (χ1v) is 6.51. The van der Waals surface area contributed by atoms with Gasteiger partial charge in [0, 0.05) is 25.5 Å². The van der Waals surface area contributed by atoms with Crippen LogP contribution in [-0.4, -0.2) is 42.8 Å². The summed E-state index contributed by atoms with van der Waals surface area (Å²) in [5, 5.41) is 2.93. The molecule has 1 aromatic rings. The van der Waals surface area contributed by atoms with Crippen LogP contribution in [0, 0.1) is 0 Å². The van der Waals surface area contributed by atoms with E-state index in [1.165, 1.54) is 17.7 Å². The number of nitrogens with zero attached hydrogens (tertiary/aromatic N) is 1. The maximum Gasteiger partial charge on any atom is 0.354 e. The number of aromatic nitrogens is 1. The van der Waals surface area contributed by atoms with Crippen LogP contribution >= 0.6 is 0 Å². The van der Waals surface area contributed by atoms with Gasteiger partial charge in [0.1, 0.15) is 12.2 Å². The van der Waals surface area contributed by atoms with E-state index in [9.17, 15) is 9.59 Å². The lowest BCUT2D eigenvalue weighted by atomic mass is 10.1. The fraction of sp³-hybridized carbons (Fsp3) is 0.538. The van der Waals surface area contributed by atoms with E-state index in [0.29, 0.717) is 18.9 Å². The van der Waals surface area contributed by atoms with Crippen LogP contribution in [0.4, 0.5) is 5.69 Å². The summed E-state index contributed by atoms with van der Waals surface area (Å²) in [4.78, 5) is 23.6. The van der Waals surface area contributed by atoms with E-state index in [2.05, 4.69) is 10.1 Å². The van der Waals surface area contributed by atoms with Crippen molar-refractivity contribution >= 4 is 17.6 Å². The Morgan fingerprint density at radius 2 is 2.20 bits per heavy atom. The van der Waals surface area contributed by atoms with Gasteiger partial charge in [0.25, 0.3) is 0 Å². The third kappa shape index (κ3) is 3.51. The van der Waals surface area contributed by atoms with Crippen molar-refractivity contribution in [3.8, 4) is 0 Å². The molecule has 0 saturated carbocycles. The molecule has 1 saturated heterocycles. The fourth-order valence-corrected chi connectivity index (χ4v) is 2.21. The molecular formula is C13H19N3O4. The molecule has 1 aliphatic rings. The summed E-state index contributed by atoms with van der Waals surface area (Å²) in [5.74, 6) is -0.668. The van der Waals surface area contributed by atoms with Gasteiger partial charge in [-0.15, -0.1) is 0 Å². The monoisotopic (exact) mass is 281 g/mol. The Kier molecular flexibility index (Phi) is 4.62. The molecule has 110 valence electrons. The number of carbonyl (C=O) groups excluding carboxylic acids is 2. The van der Waals surface area contributed by atoms with Crippen molar-refractivity contribution in [2.24, 2.45) is 0 Å². The Hall–Kier alpha value is -2.02. The fourth-order valence-electron chi connectivity index (χ4n) is 2.21. The number of ether oxygens (including phenoxy) is 2. The summed E-state index contributed by atoms with van der Waals surface area (Å²) in [6, 6.07) is 1.62. The second kappa shape index (κ2) is 6.42. The molecule has 0 spiro atoms. The number of nitrogen functional groups attached to an aromatic ring is 1. The number of hydrogen-bond acceptors (Lipinski definition) is 5. The minimum Gasteiger partial charge on any atom is -0.464 e. The van der Waals surface area contributed by atoms with Crippen molar-refractivity contribution < 1.29 is 19.1 Å². The molecule has 7 heteroatoms. The molecule has 0 unspecified atom stereocenters. The zero-order valence-electron chi connectivity index (χ0n) is 11.4. The number of nitrogens with two attached hydrogens (primary N) is 1. The predicted octanol–water partition coefficient (Wildman–Crippen LogP) is 0.152. The molecular weight excluding hydrogens is 262 g/mol. The summed E-state index contributed by atoms with van der Waals surface area (Å²) in [6.07, 6.45) is 3.17. The molecule has 1 aliphatic heterocycles. The minimum absolute atomic E-state index is 0.0407. The number of esters is 1. The maximum absolute atomic E-state index is 12.0. The number of rotatable bonds is 4. The topological polar surface area (TPSA) is 95.6 Å². The lowest BCUT2D eigenvalue weighted by Gasteiger charge is -2.23. The van der Waals surface area contributed by atoms with Gasteiger partial charge in [-0.25, -0.2) is 4.79 Å². The lowest BCUT2D eigenvalue weighted by molar-refractivity contribution is -0.122. The Labute approximate surface area is 117 Å². The first-order valence-electron chi connectivity index (χ1n) is 6.51. The van der Waals surface area contributed by atoms with Gasteiger partial charge in [-0.3, -0.25) is 4.79 Å². The van der Waals surface area contributed by atoms with Crippen LogP contribution in [0.2, 0.25) is 0 Å². The zero-order chi connectivity index (χ0) is 14.5. The molecule has 20 heavy (non-hydrogen) atoms. The zero-order valence-corrected chi connectivity index (χ0v) is 11.4. The Balaban J connectivity index is 1.98. The maximum atomic E-state index is 12.0. The summed E-state index contributed by atoms with van der Waals surface area (Å²) in [5.41, 5.74) is 6.35. The second-order valence-corrected chi connectivity index (χ2v) is 4.73. The highest BCUT2D eigenvalue weighted by molar-refractivity contribution is 5.89. The summed E-state index contributed by atoms with van der Waals surface area (Å²) >= 11 is 0. The van der Waals surface area contributed by atoms with E-state index in [1.807, 2.05) is 0 Å². The van der Waals surface area contributed by atoms with E-state index < -0.39 is 5.97 Å². The van der Waals surface area contributed by atoms with Gasteiger partial charge in [0.05, 0.1) is 12.8 Å². The highest BCUT2D eigenvalue weighted by atomic mass is 16.5. The number of hydrogen-bond donors (Lipinski definition) is 2. The van der Waals surface area contributed by atoms with Crippen LogP contribution in [0.5, 0.6) is 0 Å². The smallest absolute Gasteiger partial charge is 0.354 e. The average molecular weight is 281 g/mol. The van der Waals surface area contributed by atoms with Gasteiger partial charge < -0.3 is 25.1 Å². The largest absolute Gasteiger partial charge is 0.464 e. The van der Waals surface area contributed by atoms with Crippen molar-refractivity contribution in [1.82, 2.24) is 9.88 Å². The van der Waals surface area contributed by atoms with Gasteiger partial charge in [0.15, 0.2) is 0 Å². The van der Waals surface area contributed by atoms with Gasteiger partial charge >= 0.3 is 5.97 Å². The van der Waals surface area contributed by atoms with E-state index in [0.717, 1.165) is 12.8 Å². The standard InChI is InChI=1S/C13H19N3O4/c1-19-13(18)11-6-9(14)7-16(11)8-12(17)15-10-2-4-20-5-3-10/h6-7,10H,2-5,8,14H2,1H3,(H,15,17). The highest BCUT2D eigenvalue weighted by Crippen LogP contribution is 2.12. The third-order valence-corrected chi connectivity index (χ3v) is 3.21. The molecule has 1 aromatic heterocycles. The highest BCUT2D eigenvalue weighted by Gasteiger charge is 2.19. The SMILES string of the molecule is COC(=O)c1cc(N)cn1CC(=O)NC1CCOCC1. The van der Waals surface area contributed by atoms with Crippen molar-refractivity contribution in [3.63, 3.8) is 0 Å². The molecule has 1 amide bonds. The summed E-state index contributed by atoms with van der Waals surface area (Å²) in [7, 11) is 1.29. The number of amides is 1. The van der Waals surface area contributed by atoms with Crippen LogP contribution < -0.4 is 11.1 Å². The van der Waals surface area contributed by atoms with E-state index in [4.69, 9.17) is 10.5 Å². The van der Waals surface area contributed by atoms with Gasteiger partial charge in [-0.05, 0) is 18.9 Å². The first kappa shape index (κ1) is 14.4. The van der Waals surface area contributed by atoms with Crippen LogP contribution in [-0.2, 0) is 20.8 Å². The molecule has 0 radical (unpaired) electrons. The number of nitrogens with one attached hydrogen (secondary N) is 1. The molecule has 0 atom stereocenters. The van der Waals surface area contributed by atoms with Crippen LogP contribution in [0.3, 0.4) is 0 Å². The van der Waals surface area contributed by atoms with Gasteiger partial charge in [0.2, 0.25) is 5.91 Å². The van der Waals surface area contributed by atoms with E-state index in [-0.39, 0.29) is 24.2 Å². The molecule has 0 bridgehead atoms. The predicted molar refractivity (Wildman–Crippen MR) is 72.2 cm³/mol. The minimum atomic E-state index is -0.513. The second-order valence-electron chi connectivity index (χ2n) is 4.73. The molecule has 3 N–H and O–H groups in total. The van der Waals surface area contributed by atoms with Crippen LogP contribution in [0.15, 0.2) is 12.3 Å². The third-order valence-electron chi connectivity index (χ3n) is 3.21. The molecule has 7 nitrogen and oxygen atoms in total. The van der Waals surface area contributed by atoms with E-state index in [1.54, 1.807) is 6.20 Å². The Bertz CT molecular complexity index is 492. The lowest BCUT2D eigenvalue weighted by Crippen LogP contribution is -2.40. The number of carbonyl (C=O) groups is 2.